The molecule has 0 aromatic heterocycles. The van der Waals surface area contributed by atoms with Crippen LogP contribution in [0.2, 0.25) is 0 Å². The molecule has 1 heterocycles. The number of hydrogen-bond donors (Lipinski definition) is 1. The van der Waals surface area contributed by atoms with Crippen molar-refractivity contribution in [1.29, 1.82) is 0 Å². The van der Waals surface area contributed by atoms with E-state index in [0.717, 1.165) is 27.9 Å². The Bertz CT molecular complexity index is 656. The normalized spacial score (nSPS) is 13.8. The minimum atomic E-state index is 0.0414. The van der Waals surface area contributed by atoms with E-state index in [1.54, 1.807) is 0 Å². The molecule has 0 aliphatic carbocycles. The highest BCUT2D eigenvalue weighted by molar-refractivity contribution is 6.11. The predicted molar refractivity (Wildman–Crippen MR) is 77.3 cm³/mol. The third kappa shape index (κ3) is 1.70. The molecule has 3 nitrogen and oxygen atoms in total. The number of para-hydroxylation sites is 1. The van der Waals surface area contributed by atoms with Crippen molar-refractivity contribution < 1.29 is 4.79 Å². The van der Waals surface area contributed by atoms with Crippen LogP contribution in [0.15, 0.2) is 36.4 Å². The van der Waals surface area contributed by atoms with Crippen LogP contribution >= 0.6 is 0 Å². The minimum Gasteiger partial charge on any atom is -0.398 e. The van der Waals surface area contributed by atoms with Gasteiger partial charge < -0.3 is 10.6 Å². The molecule has 0 atom stereocenters. The zero-order valence-electron chi connectivity index (χ0n) is 11.1. The first kappa shape index (κ1) is 11.8. The monoisotopic (exact) mass is 252 g/mol. The number of benzene rings is 2. The number of carbonyl (C=O) groups excluding carboxylic acids is 1. The van der Waals surface area contributed by atoms with Gasteiger partial charge in [0.15, 0.2) is 0 Å². The lowest BCUT2D eigenvalue weighted by atomic mass is 10.1. The van der Waals surface area contributed by atoms with Gasteiger partial charge in [-0.15, -0.1) is 0 Å². The Balaban J connectivity index is 2.12. The molecule has 0 radical (unpaired) electrons. The molecule has 1 amide bonds. The SMILES string of the molecule is Cc1cccc(C)c1N1Cc2c(N)cccc2C1=O. The number of amides is 1. The van der Waals surface area contributed by atoms with Crippen LogP contribution in [0.25, 0.3) is 0 Å². The van der Waals surface area contributed by atoms with Gasteiger partial charge in [-0.1, -0.05) is 24.3 Å². The molecule has 3 heteroatoms. The summed E-state index contributed by atoms with van der Waals surface area (Å²) in [6, 6.07) is 11.6. The van der Waals surface area contributed by atoms with E-state index >= 15 is 0 Å². The van der Waals surface area contributed by atoms with Crippen LogP contribution in [0.5, 0.6) is 0 Å². The second-order valence-corrected chi connectivity index (χ2v) is 5.01. The van der Waals surface area contributed by atoms with Gasteiger partial charge in [-0.3, -0.25) is 4.79 Å². The molecule has 0 bridgehead atoms. The minimum absolute atomic E-state index is 0.0414. The Morgan fingerprint density at radius 2 is 1.68 bits per heavy atom. The van der Waals surface area contributed by atoms with Gasteiger partial charge in [0.05, 0.1) is 12.2 Å². The summed E-state index contributed by atoms with van der Waals surface area (Å²) in [5.41, 5.74) is 11.6. The summed E-state index contributed by atoms with van der Waals surface area (Å²) in [6.07, 6.45) is 0. The highest BCUT2D eigenvalue weighted by atomic mass is 16.2. The first-order valence-corrected chi connectivity index (χ1v) is 6.35. The maximum atomic E-state index is 12.5. The Morgan fingerprint density at radius 3 is 2.32 bits per heavy atom. The van der Waals surface area contributed by atoms with Gasteiger partial charge in [-0.25, -0.2) is 0 Å². The Kier molecular flexibility index (Phi) is 2.56. The van der Waals surface area contributed by atoms with Crippen molar-refractivity contribution in [1.82, 2.24) is 0 Å². The predicted octanol–water partition coefficient (Wildman–Crippen LogP) is 3.05. The van der Waals surface area contributed by atoms with Crippen LogP contribution in [0.4, 0.5) is 11.4 Å². The fourth-order valence-electron chi connectivity index (χ4n) is 2.77. The van der Waals surface area contributed by atoms with E-state index in [4.69, 9.17) is 5.73 Å². The van der Waals surface area contributed by atoms with E-state index in [2.05, 4.69) is 0 Å². The fraction of sp³-hybridized carbons (Fsp3) is 0.188. The van der Waals surface area contributed by atoms with E-state index in [-0.39, 0.29) is 5.91 Å². The molecule has 2 aromatic rings. The first-order valence-electron chi connectivity index (χ1n) is 6.35. The summed E-state index contributed by atoms with van der Waals surface area (Å²) >= 11 is 0. The second kappa shape index (κ2) is 4.12. The molecule has 0 saturated carbocycles. The van der Waals surface area contributed by atoms with E-state index in [0.29, 0.717) is 12.2 Å². The summed E-state index contributed by atoms with van der Waals surface area (Å²) in [4.78, 5) is 14.3. The quantitative estimate of drug-likeness (QED) is 0.793. The molecule has 0 unspecified atom stereocenters. The molecule has 0 saturated heterocycles. The summed E-state index contributed by atoms with van der Waals surface area (Å²) in [7, 11) is 0. The average molecular weight is 252 g/mol. The van der Waals surface area contributed by atoms with Gasteiger partial charge in [-0.2, -0.15) is 0 Å². The molecule has 96 valence electrons. The van der Waals surface area contributed by atoms with Crippen molar-refractivity contribution in [2.24, 2.45) is 0 Å². The summed E-state index contributed by atoms with van der Waals surface area (Å²) in [5, 5.41) is 0. The molecule has 1 aliphatic rings. The Morgan fingerprint density at radius 1 is 1.05 bits per heavy atom. The topological polar surface area (TPSA) is 46.3 Å². The number of rotatable bonds is 1. The van der Waals surface area contributed by atoms with Gasteiger partial charge in [0.2, 0.25) is 0 Å². The molecule has 0 fully saturated rings. The molecule has 2 N–H and O–H groups in total. The molecule has 0 spiro atoms. The van der Waals surface area contributed by atoms with Gasteiger partial charge in [0.1, 0.15) is 0 Å². The maximum Gasteiger partial charge on any atom is 0.259 e. The molecule has 1 aliphatic heterocycles. The summed E-state index contributed by atoms with van der Waals surface area (Å²) in [5.74, 6) is 0.0414. The van der Waals surface area contributed by atoms with Crippen molar-refractivity contribution in [2.45, 2.75) is 20.4 Å². The van der Waals surface area contributed by atoms with Gasteiger partial charge in [0, 0.05) is 16.8 Å². The van der Waals surface area contributed by atoms with Crippen LogP contribution in [0, 0.1) is 13.8 Å². The van der Waals surface area contributed by atoms with Gasteiger partial charge in [-0.05, 0) is 37.1 Å². The highest BCUT2D eigenvalue weighted by Crippen LogP contribution is 2.34. The first-order chi connectivity index (χ1) is 9.09. The highest BCUT2D eigenvalue weighted by Gasteiger charge is 2.31. The number of nitrogens with zero attached hydrogens (tertiary/aromatic N) is 1. The van der Waals surface area contributed by atoms with E-state index in [9.17, 15) is 4.79 Å². The molecule has 3 rings (SSSR count). The van der Waals surface area contributed by atoms with Crippen molar-refractivity contribution in [3.63, 3.8) is 0 Å². The zero-order chi connectivity index (χ0) is 13.6. The second-order valence-electron chi connectivity index (χ2n) is 5.01. The lowest BCUT2D eigenvalue weighted by Crippen LogP contribution is -2.24. The third-order valence-corrected chi connectivity index (χ3v) is 3.71. The molecular formula is C16H16N2O. The van der Waals surface area contributed by atoms with Crippen LogP contribution in [-0.4, -0.2) is 5.91 Å². The molecule has 19 heavy (non-hydrogen) atoms. The number of anilines is 2. The smallest absolute Gasteiger partial charge is 0.259 e. The van der Waals surface area contributed by atoms with Crippen molar-refractivity contribution in [3.05, 3.63) is 58.7 Å². The van der Waals surface area contributed by atoms with Gasteiger partial charge in [0.25, 0.3) is 5.91 Å². The van der Waals surface area contributed by atoms with Crippen LogP contribution in [0.1, 0.15) is 27.0 Å². The number of hydrogen-bond acceptors (Lipinski definition) is 2. The Hall–Kier alpha value is -2.29. The number of carbonyl (C=O) groups is 1. The number of nitrogen functional groups attached to an aromatic ring is 1. The lowest BCUT2D eigenvalue weighted by Gasteiger charge is -2.20. The van der Waals surface area contributed by atoms with Crippen molar-refractivity contribution >= 4 is 17.3 Å². The van der Waals surface area contributed by atoms with E-state index in [1.807, 2.05) is 55.1 Å². The van der Waals surface area contributed by atoms with Crippen LogP contribution in [0.3, 0.4) is 0 Å². The fourth-order valence-corrected chi connectivity index (χ4v) is 2.77. The summed E-state index contributed by atoms with van der Waals surface area (Å²) < 4.78 is 0. The summed E-state index contributed by atoms with van der Waals surface area (Å²) in [6.45, 7) is 4.62. The standard InChI is InChI=1S/C16H16N2O/c1-10-5-3-6-11(2)15(10)18-9-13-12(16(18)19)7-4-8-14(13)17/h3-8H,9,17H2,1-2H3. The van der Waals surface area contributed by atoms with Crippen molar-refractivity contribution in [2.75, 3.05) is 10.6 Å². The van der Waals surface area contributed by atoms with Crippen LogP contribution in [-0.2, 0) is 6.54 Å². The third-order valence-electron chi connectivity index (χ3n) is 3.71. The molecular weight excluding hydrogens is 236 g/mol. The number of nitrogens with two attached hydrogens (primary N) is 1. The lowest BCUT2D eigenvalue weighted by molar-refractivity contribution is 0.0996. The van der Waals surface area contributed by atoms with Crippen molar-refractivity contribution in [3.8, 4) is 0 Å². The zero-order valence-corrected chi connectivity index (χ0v) is 11.1. The van der Waals surface area contributed by atoms with E-state index < -0.39 is 0 Å². The Labute approximate surface area is 112 Å². The number of aryl methyl sites for hydroxylation is 2. The van der Waals surface area contributed by atoms with Crippen LogP contribution < -0.4 is 10.6 Å². The maximum absolute atomic E-state index is 12.5. The largest absolute Gasteiger partial charge is 0.398 e. The van der Waals surface area contributed by atoms with E-state index in [1.165, 1.54) is 0 Å². The number of fused-ring (bicyclic) bond motifs is 1. The molecule has 2 aromatic carbocycles. The average Bonchev–Trinajstić information content (AvgIpc) is 2.69. The van der Waals surface area contributed by atoms with Gasteiger partial charge >= 0.3 is 0 Å².